The summed E-state index contributed by atoms with van der Waals surface area (Å²) in [5.41, 5.74) is 0. The fourth-order valence-electron chi connectivity index (χ4n) is 2.11. The minimum atomic E-state index is -2.94. The SMILES string of the molecule is CNc1ncnc(N2CCCS(=O)(=O)CC2)c1OC. The third kappa shape index (κ3) is 3.06. The monoisotopic (exact) mass is 286 g/mol. The maximum absolute atomic E-state index is 11.6. The molecule has 0 amide bonds. The molecule has 0 atom stereocenters. The summed E-state index contributed by atoms with van der Waals surface area (Å²) in [6.45, 7) is 1.08. The minimum absolute atomic E-state index is 0.148. The summed E-state index contributed by atoms with van der Waals surface area (Å²) in [6.07, 6.45) is 2.05. The molecule has 1 aliphatic rings. The molecule has 2 rings (SSSR count). The molecule has 106 valence electrons. The van der Waals surface area contributed by atoms with Gasteiger partial charge in [0.15, 0.2) is 21.5 Å². The lowest BCUT2D eigenvalue weighted by atomic mass is 10.3. The molecule has 1 N–H and O–H groups in total. The smallest absolute Gasteiger partial charge is 0.204 e. The van der Waals surface area contributed by atoms with Crippen molar-refractivity contribution >= 4 is 21.5 Å². The van der Waals surface area contributed by atoms with Gasteiger partial charge in [-0.25, -0.2) is 18.4 Å². The minimum Gasteiger partial charge on any atom is -0.490 e. The molecule has 1 aromatic heterocycles. The van der Waals surface area contributed by atoms with Crippen LogP contribution in [0.25, 0.3) is 0 Å². The summed E-state index contributed by atoms with van der Waals surface area (Å²) < 4.78 is 28.6. The van der Waals surface area contributed by atoms with Crippen LogP contribution in [0.1, 0.15) is 6.42 Å². The number of hydrogen-bond donors (Lipinski definition) is 1. The first-order valence-electron chi connectivity index (χ1n) is 6.09. The average molecular weight is 286 g/mol. The summed E-state index contributed by atoms with van der Waals surface area (Å²) in [6, 6.07) is 0. The standard InChI is InChI=1S/C11H18N4O3S/c1-12-10-9(18-2)11(14-8-13-10)15-4-3-6-19(16,17)7-5-15/h8H,3-7H2,1-2H3,(H,12,13,14). The quantitative estimate of drug-likeness (QED) is 0.846. The van der Waals surface area contributed by atoms with Gasteiger partial charge in [-0.2, -0.15) is 0 Å². The number of hydrogen-bond acceptors (Lipinski definition) is 7. The number of methoxy groups -OCH3 is 1. The lowest BCUT2D eigenvalue weighted by Crippen LogP contribution is -2.28. The zero-order valence-corrected chi connectivity index (χ0v) is 11.9. The molecule has 2 heterocycles. The Balaban J connectivity index is 2.31. The number of sulfone groups is 1. The Morgan fingerprint density at radius 3 is 2.79 bits per heavy atom. The first-order chi connectivity index (χ1) is 9.07. The third-order valence-corrected chi connectivity index (χ3v) is 4.80. The molecule has 0 saturated carbocycles. The van der Waals surface area contributed by atoms with Crippen LogP contribution in [0.15, 0.2) is 6.33 Å². The highest BCUT2D eigenvalue weighted by molar-refractivity contribution is 7.91. The van der Waals surface area contributed by atoms with E-state index < -0.39 is 9.84 Å². The fraction of sp³-hybridized carbons (Fsp3) is 0.636. The van der Waals surface area contributed by atoms with Gasteiger partial charge in [0.25, 0.3) is 0 Å². The Morgan fingerprint density at radius 1 is 1.32 bits per heavy atom. The van der Waals surface area contributed by atoms with E-state index in [9.17, 15) is 8.42 Å². The van der Waals surface area contributed by atoms with Crippen LogP contribution in [0.2, 0.25) is 0 Å². The second-order valence-corrected chi connectivity index (χ2v) is 6.63. The number of aromatic nitrogens is 2. The van der Waals surface area contributed by atoms with E-state index in [1.165, 1.54) is 6.33 Å². The van der Waals surface area contributed by atoms with Gasteiger partial charge >= 0.3 is 0 Å². The Kier molecular flexibility index (Phi) is 4.08. The van der Waals surface area contributed by atoms with E-state index in [4.69, 9.17) is 4.74 Å². The van der Waals surface area contributed by atoms with Gasteiger partial charge in [0.1, 0.15) is 6.33 Å². The van der Waals surface area contributed by atoms with Crippen molar-refractivity contribution in [2.45, 2.75) is 6.42 Å². The Hall–Kier alpha value is -1.57. The molecule has 19 heavy (non-hydrogen) atoms. The molecule has 7 nitrogen and oxygen atoms in total. The summed E-state index contributed by atoms with van der Waals surface area (Å²) in [4.78, 5) is 10.2. The molecule has 0 unspecified atom stereocenters. The van der Waals surface area contributed by atoms with E-state index in [0.717, 1.165) is 0 Å². The molecule has 0 aromatic carbocycles. The van der Waals surface area contributed by atoms with Crippen molar-refractivity contribution in [3.05, 3.63) is 6.33 Å². The average Bonchev–Trinajstić information content (AvgIpc) is 2.58. The summed E-state index contributed by atoms with van der Waals surface area (Å²) in [5.74, 6) is 2.16. The highest BCUT2D eigenvalue weighted by Gasteiger charge is 2.23. The van der Waals surface area contributed by atoms with Crippen molar-refractivity contribution in [2.75, 3.05) is 49.0 Å². The van der Waals surface area contributed by atoms with Crippen LogP contribution in [0, 0.1) is 0 Å². The van der Waals surface area contributed by atoms with Crippen molar-refractivity contribution in [1.82, 2.24) is 9.97 Å². The summed E-state index contributed by atoms with van der Waals surface area (Å²) >= 11 is 0. The lowest BCUT2D eigenvalue weighted by molar-refractivity contribution is 0.412. The Bertz CT molecular complexity index is 547. The van der Waals surface area contributed by atoms with Crippen LogP contribution in [-0.4, -0.2) is 57.1 Å². The van der Waals surface area contributed by atoms with Gasteiger partial charge in [0, 0.05) is 20.1 Å². The highest BCUT2D eigenvalue weighted by atomic mass is 32.2. The maximum Gasteiger partial charge on any atom is 0.204 e. The van der Waals surface area contributed by atoms with Crippen molar-refractivity contribution in [3.63, 3.8) is 0 Å². The zero-order valence-electron chi connectivity index (χ0n) is 11.1. The largest absolute Gasteiger partial charge is 0.490 e. The predicted octanol–water partition coefficient (Wildman–Crippen LogP) is 0.152. The van der Waals surface area contributed by atoms with Crippen LogP contribution in [0.5, 0.6) is 5.75 Å². The van der Waals surface area contributed by atoms with Crippen molar-refractivity contribution in [1.29, 1.82) is 0 Å². The second kappa shape index (κ2) is 5.60. The van der Waals surface area contributed by atoms with E-state index in [1.807, 2.05) is 4.90 Å². The molecule has 1 fully saturated rings. The zero-order chi connectivity index (χ0) is 13.9. The number of nitrogens with one attached hydrogen (secondary N) is 1. The molecular weight excluding hydrogens is 268 g/mol. The van der Waals surface area contributed by atoms with Crippen molar-refractivity contribution in [2.24, 2.45) is 0 Å². The third-order valence-electron chi connectivity index (χ3n) is 3.08. The molecular formula is C11H18N4O3S. The lowest BCUT2D eigenvalue weighted by Gasteiger charge is -2.23. The molecule has 0 radical (unpaired) electrons. The maximum atomic E-state index is 11.6. The van der Waals surface area contributed by atoms with Gasteiger partial charge in [0.2, 0.25) is 5.75 Å². The van der Waals surface area contributed by atoms with Gasteiger partial charge in [0.05, 0.1) is 18.6 Å². The second-order valence-electron chi connectivity index (χ2n) is 4.32. The van der Waals surface area contributed by atoms with Crippen molar-refractivity contribution < 1.29 is 13.2 Å². The number of ether oxygens (including phenoxy) is 1. The van der Waals surface area contributed by atoms with Gasteiger partial charge in [-0.15, -0.1) is 0 Å². The number of rotatable bonds is 3. The van der Waals surface area contributed by atoms with Crippen LogP contribution in [0.3, 0.4) is 0 Å². The number of nitrogens with zero attached hydrogens (tertiary/aromatic N) is 3. The van der Waals surface area contributed by atoms with Crippen LogP contribution < -0.4 is 15.0 Å². The number of anilines is 2. The summed E-state index contributed by atoms with van der Waals surface area (Å²) in [5, 5.41) is 2.94. The Labute approximate surface area is 112 Å². The van der Waals surface area contributed by atoms with E-state index in [-0.39, 0.29) is 11.5 Å². The molecule has 0 aliphatic carbocycles. The van der Waals surface area contributed by atoms with Crippen molar-refractivity contribution in [3.8, 4) is 5.75 Å². The normalized spacial score (nSPS) is 18.7. The molecule has 1 aromatic rings. The van der Waals surface area contributed by atoms with Gasteiger partial charge in [-0.1, -0.05) is 0 Å². The topological polar surface area (TPSA) is 84.4 Å². The van der Waals surface area contributed by atoms with Crippen LogP contribution >= 0.6 is 0 Å². The van der Waals surface area contributed by atoms with E-state index in [0.29, 0.717) is 36.9 Å². The van der Waals surface area contributed by atoms with E-state index >= 15 is 0 Å². The molecule has 0 bridgehead atoms. The molecule has 0 spiro atoms. The predicted molar refractivity (Wildman–Crippen MR) is 73.6 cm³/mol. The molecule has 1 saturated heterocycles. The highest BCUT2D eigenvalue weighted by Crippen LogP contribution is 2.32. The van der Waals surface area contributed by atoms with Crippen LogP contribution in [-0.2, 0) is 9.84 Å². The summed E-state index contributed by atoms with van der Waals surface area (Å²) in [7, 11) is 0.368. The van der Waals surface area contributed by atoms with Crippen LogP contribution in [0.4, 0.5) is 11.6 Å². The molecule has 1 aliphatic heterocycles. The fourth-order valence-corrected chi connectivity index (χ4v) is 3.38. The van der Waals surface area contributed by atoms with Gasteiger partial charge in [-0.05, 0) is 6.42 Å². The Morgan fingerprint density at radius 2 is 2.11 bits per heavy atom. The van der Waals surface area contributed by atoms with E-state index in [1.54, 1.807) is 14.2 Å². The first-order valence-corrected chi connectivity index (χ1v) is 7.91. The van der Waals surface area contributed by atoms with Gasteiger partial charge in [-0.3, -0.25) is 0 Å². The van der Waals surface area contributed by atoms with E-state index in [2.05, 4.69) is 15.3 Å². The molecule has 8 heteroatoms. The first kappa shape index (κ1) is 13.9. The van der Waals surface area contributed by atoms with Gasteiger partial charge < -0.3 is 15.0 Å².